The van der Waals surface area contributed by atoms with Gasteiger partial charge in [-0.25, -0.2) is 4.79 Å². The molecule has 4 heteroatoms. The Hall–Kier alpha value is -1.84. The van der Waals surface area contributed by atoms with Gasteiger partial charge in [0.05, 0.1) is 12.7 Å². The van der Waals surface area contributed by atoms with E-state index >= 15 is 0 Å². The molecule has 4 nitrogen and oxygen atoms in total. The maximum absolute atomic E-state index is 12.3. The first-order valence-corrected chi connectivity index (χ1v) is 9.09. The fraction of sp³-hybridized carbons (Fsp3) is 0.600. The predicted octanol–water partition coefficient (Wildman–Crippen LogP) is 4.09. The third-order valence-corrected chi connectivity index (χ3v) is 5.03. The Bertz CT molecular complexity index is 530. The summed E-state index contributed by atoms with van der Waals surface area (Å²) in [4.78, 5) is 23.7. The van der Waals surface area contributed by atoms with Gasteiger partial charge in [0.15, 0.2) is 0 Å². The van der Waals surface area contributed by atoms with Crippen molar-refractivity contribution in [2.75, 3.05) is 7.11 Å². The highest BCUT2D eigenvalue weighted by Gasteiger charge is 2.25. The average molecular weight is 331 g/mol. The zero-order valence-electron chi connectivity index (χ0n) is 14.8. The highest BCUT2D eigenvalue weighted by Crippen LogP contribution is 2.32. The number of ether oxygens (including phenoxy) is 1. The van der Waals surface area contributed by atoms with E-state index in [-0.39, 0.29) is 17.8 Å². The Balaban J connectivity index is 1.74. The maximum Gasteiger partial charge on any atom is 0.337 e. The van der Waals surface area contributed by atoms with E-state index in [1.54, 1.807) is 12.1 Å². The van der Waals surface area contributed by atoms with Crippen LogP contribution in [-0.4, -0.2) is 19.0 Å². The SMILES string of the molecule is CCCCC1CCC(C(=O)NCc2ccc(C(=O)OC)cc2)CC1. The molecule has 0 bridgehead atoms. The number of esters is 1. The van der Waals surface area contributed by atoms with Crippen LogP contribution in [0.4, 0.5) is 0 Å². The van der Waals surface area contributed by atoms with Crippen LogP contribution in [0.15, 0.2) is 24.3 Å². The Labute approximate surface area is 145 Å². The van der Waals surface area contributed by atoms with Gasteiger partial charge in [-0.3, -0.25) is 4.79 Å². The van der Waals surface area contributed by atoms with E-state index in [9.17, 15) is 9.59 Å². The van der Waals surface area contributed by atoms with Crippen molar-refractivity contribution in [1.29, 1.82) is 0 Å². The summed E-state index contributed by atoms with van der Waals surface area (Å²) in [7, 11) is 1.37. The predicted molar refractivity (Wildman–Crippen MR) is 94.6 cm³/mol. The van der Waals surface area contributed by atoms with Crippen LogP contribution in [0.25, 0.3) is 0 Å². The van der Waals surface area contributed by atoms with Gasteiger partial charge < -0.3 is 10.1 Å². The lowest BCUT2D eigenvalue weighted by atomic mass is 9.79. The van der Waals surface area contributed by atoms with Crippen molar-refractivity contribution in [3.05, 3.63) is 35.4 Å². The number of nitrogens with one attached hydrogen (secondary N) is 1. The van der Waals surface area contributed by atoms with Gasteiger partial charge in [-0.05, 0) is 49.3 Å². The number of carbonyl (C=O) groups excluding carboxylic acids is 2. The molecule has 0 radical (unpaired) electrons. The van der Waals surface area contributed by atoms with Gasteiger partial charge in [0.1, 0.15) is 0 Å². The van der Waals surface area contributed by atoms with Crippen LogP contribution in [0.2, 0.25) is 0 Å². The number of hydrogen-bond donors (Lipinski definition) is 1. The fourth-order valence-electron chi connectivity index (χ4n) is 3.42. The lowest BCUT2D eigenvalue weighted by Crippen LogP contribution is -2.32. The molecule has 0 saturated heterocycles. The fourth-order valence-corrected chi connectivity index (χ4v) is 3.42. The van der Waals surface area contributed by atoms with E-state index in [0.717, 1.165) is 24.3 Å². The van der Waals surface area contributed by atoms with E-state index in [1.165, 1.54) is 39.2 Å². The molecular formula is C20H29NO3. The molecule has 1 saturated carbocycles. The first-order valence-electron chi connectivity index (χ1n) is 9.09. The Kier molecular flexibility index (Phi) is 7.29. The summed E-state index contributed by atoms with van der Waals surface area (Å²) in [5, 5.41) is 3.03. The lowest BCUT2D eigenvalue weighted by molar-refractivity contribution is -0.126. The largest absolute Gasteiger partial charge is 0.465 e. The maximum atomic E-state index is 12.3. The molecule has 24 heavy (non-hydrogen) atoms. The molecular weight excluding hydrogens is 302 g/mol. The molecule has 0 spiro atoms. The van der Waals surface area contributed by atoms with Gasteiger partial charge in [-0.15, -0.1) is 0 Å². The number of methoxy groups -OCH3 is 1. The Morgan fingerprint density at radius 2 is 1.79 bits per heavy atom. The van der Waals surface area contributed by atoms with Crippen LogP contribution in [0.5, 0.6) is 0 Å². The quantitative estimate of drug-likeness (QED) is 0.766. The average Bonchev–Trinajstić information content (AvgIpc) is 2.64. The summed E-state index contributed by atoms with van der Waals surface area (Å²) in [5.41, 5.74) is 1.52. The second-order valence-corrected chi connectivity index (χ2v) is 6.77. The molecule has 1 aliphatic rings. The van der Waals surface area contributed by atoms with Crippen LogP contribution < -0.4 is 5.32 Å². The summed E-state index contributed by atoms with van der Waals surface area (Å²) < 4.78 is 4.68. The van der Waals surface area contributed by atoms with Crippen molar-refractivity contribution in [1.82, 2.24) is 5.32 Å². The van der Waals surface area contributed by atoms with Gasteiger partial charge >= 0.3 is 5.97 Å². The van der Waals surface area contributed by atoms with Gasteiger partial charge in [0.25, 0.3) is 0 Å². The Morgan fingerprint density at radius 1 is 1.12 bits per heavy atom. The van der Waals surface area contributed by atoms with Crippen LogP contribution in [0, 0.1) is 11.8 Å². The van der Waals surface area contributed by atoms with Gasteiger partial charge in [0.2, 0.25) is 5.91 Å². The lowest BCUT2D eigenvalue weighted by Gasteiger charge is -2.27. The van der Waals surface area contributed by atoms with Crippen LogP contribution in [0.3, 0.4) is 0 Å². The van der Waals surface area contributed by atoms with E-state index in [2.05, 4.69) is 17.0 Å². The number of benzene rings is 1. The molecule has 1 aliphatic carbocycles. The second kappa shape index (κ2) is 9.45. The standard InChI is InChI=1S/C20H29NO3/c1-3-4-5-15-6-10-17(11-7-15)19(22)21-14-16-8-12-18(13-9-16)20(23)24-2/h8-9,12-13,15,17H,3-7,10-11,14H2,1-2H3,(H,21,22). The summed E-state index contributed by atoms with van der Waals surface area (Å²) in [6.45, 7) is 2.74. The minimum Gasteiger partial charge on any atom is -0.465 e. The van der Waals surface area contributed by atoms with Gasteiger partial charge in [-0.1, -0.05) is 38.3 Å². The van der Waals surface area contributed by atoms with Crippen molar-refractivity contribution < 1.29 is 14.3 Å². The van der Waals surface area contributed by atoms with Gasteiger partial charge in [-0.2, -0.15) is 0 Å². The number of unbranched alkanes of at least 4 members (excludes halogenated alkanes) is 1. The monoisotopic (exact) mass is 331 g/mol. The first-order chi connectivity index (χ1) is 11.6. The molecule has 1 aromatic rings. The zero-order valence-corrected chi connectivity index (χ0v) is 14.8. The molecule has 0 atom stereocenters. The molecule has 1 aromatic carbocycles. The Morgan fingerprint density at radius 3 is 2.38 bits per heavy atom. The number of hydrogen-bond acceptors (Lipinski definition) is 3. The van der Waals surface area contributed by atoms with Gasteiger partial charge in [0, 0.05) is 12.5 Å². The number of amides is 1. The van der Waals surface area contributed by atoms with Crippen molar-refractivity contribution in [2.45, 2.75) is 58.4 Å². The van der Waals surface area contributed by atoms with Crippen LogP contribution >= 0.6 is 0 Å². The van der Waals surface area contributed by atoms with E-state index in [0.29, 0.717) is 12.1 Å². The third-order valence-electron chi connectivity index (χ3n) is 5.03. The molecule has 2 rings (SSSR count). The summed E-state index contributed by atoms with van der Waals surface area (Å²) >= 11 is 0. The topological polar surface area (TPSA) is 55.4 Å². The zero-order chi connectivity index (χ0) is 17.4. The minimum absolute atomic E-state index is 0.164. The highest BCUT2D eigenvalue weighted by atomic mass is 16.5. The van der Waals surface area contributed by atoms with Crippen molar-refractivity contribution >= 4 is 11.9 Å². The van der Waals surface area contributed by atoms with E-state index < -0.39 is 0 Å². The van der Waals surface area contributed by atoms with E-state index in [4.69, 9.17) is 0 Å². The van der Waals surface area contributed by atoms with Crippen molar-refractivity contribution in [3.63, 3.8) is 0 Å². The molecule has 1 amide bonds. The molecule has 0 aromatic heterocycles. The normalized spacial score (nSPS) is 20.4. The summed E-state index contributed by atoms with van der Waals surface area (Å²) in [5.74, 6) is 0.809. The molecule has 1 N–H and O–H groups in total. The molecule has 0 heterocycles. The highest BCUT2D eigenvalue weighted by molar-refractivity contribution is 5.89. The van der Waals surface area contributed by atoms with Crippen LogP contribution in [0.1, 0.15) is 67.8 Å². The summed E-state index contributed by atoms with van der Waals surface area (Å²) in [6, 6.07) is 7.17. The third kappa shape index (κ3) is 5.36. The molecule has 0 aliphatic heterocycles. The number of rotatable bonds is 7. The summed E-state index contributed by atoms with van der Waals surface area (Å²) in [6.07, 6.45) is 8.29. The minimum atomic E-state index is -0.342. The number of carbonyl (C=O) groups is 2. The molecule has 132 valence electrons. The van der Waals surface area contributed by atoms with Crippen molar-refractivity contribution in [3.8, 4) is 0 Å². The second-order valence-electron chi connectivity index (χ2n) is 6.77. The molecule has 0 unspecified atom stereocenters. The first kappa shape index (κ1) is 18.5. The molecule has 1 fully saturated rings. The van der Waals surface area contributed by atoms with E-state index in [1.807, 2.05) is 12.1 Å². The van der Waals surface area contributed by atoms with Crippen molar-refractivity contribution in [2.24, 2.45) is 11.8 Å². The smallest absolute Gasteiger partial charge is 0.337 e. The van der Waals surface area contributed by atoms with Crippen LogP contribution in [-0.2, 0) is 16.1 Å².